The normalized spacial score (nSPS) is 13.0. The van der Waals surface area contributed by atoms with Gasteiger partial charge in [-0.05, 0) is 31.5 Å². The molecule has 1 aromatic carbocycles. The number of guanidine groups is 1. The molecule has 0 aliphatic rings. The van der Waals surface area contributed by atoms with E-state index in [0.717, 1.165) is 12.1 Å². The van der Waals surface area contributed by atoms with Gasteiger partial charge in [0.15, 0.2) is 5.96 Å². The maximum absolute atomic E-state index is 12.3. The number of hydrogen-bond acceptors (Lipinski definition) is 5. The van der Waals surface area contributed by atoms with Crippen LogP contribution in [0.15, 0.2) is 34.2 Å². The number of halogens is 1. The maximum Gasteiger partial charge on any atom is 0.240 e. The van der Waals surface area contributed by atoms with Gasteiger partial charge in [0.05, 0.1) is 24.7 Å². The molecule has 1 unspecified atom stereocenters. The molecule has 0 aliphatic heterocycles. The second-order valence-corrected chi connectivity index (χ2v) is 7.50. The largest absolute Gasteiger partial charge is 0.383 e. The summed E-state index contributed by atoms with van der Waals surface area (Å²) in [6.45, 7) is 6.17. The van der Waals surface area contributed by atoms with Gasteiger partial charge in [-0.25, -0.2) is 18.1 Å². The van der Waals surface area contributed by atoms with Gasteiger partial charge < -0.3 is 20.1 Å². The fourth-order valence-corrected chi connectivity index (χ4v) is 3.27. The predicted molar refractivity (Wildman–Crippen MR) is 118 cm³/mol. The molecule has 8 nitrogen and oxygen atoms in total. The van der Waals surface area contributed by atoms with Crippen LogP contribution in [0.5, 0.6) is 0 Å². The van der Waals surface area contributed by atoms with Crippen molar-refractivity contribution in [2.45, 2.75) is 31.3 Å². The SMILES string of the molecule is CCNC(=NCc1cccc(S(=O)(=O)NCCOC)c1)NC(C)COC.I. The number of rotatable bonds is 11. The molecule has 0 amide bonds. The van der Waals surface area contributed by atoms with E-state index in [0.29, 0.717) is 25.7 Å². The smallest absolute Gasteiger partial charge is 0.240 e. The minimum absolute atomic E-state index is 0. The quantitative estimate of drug-likeness (QED) is 0.178. The number of ether oxygens (including phenoxy) is 2. The number of methoxy groups -OCH3 is 2. The number of sulfonamides is 1. The molecule has 0 aromatic heterocycles. The van der Waals surface area contributed by atoms with E-state index >= 15 is 0 Å². The molecule has 1 atom stereocenters. The Balaban J connectivity index is 0.00000676. The van der Waals surface area contributed by atoms with Gasteiger partial charge >= 0.3 is 0 Å². The molecular weight excluding hydrogens is 483 g/mol. The van der Waals surface area contributed by atoms with Crippen molar-refractivity contribution in [3.63, 3.8) is 0 Å². The second kappa shape index (κ2) is 14.1. The minimum Gasteiger partial charge on any atom is -0.383 e. The summed E-state index contributed by atoms with van der Waals surface area (Å²) in [7, 11) is -0.385. The van der Waals surface area contributed by atoms with E-state index in [1.807, 2.05) is 19.9 Å². The average molecular weight is 514 g/mol. The number of benzene rings is 1. The van der Waals surface area contributed by atoms with Crippen molar-refractivity contribution in [3.05, 3.63) is 29.8 Å². The summed E-state index contributed by atoms with van der Waals surface area (Å²) in [5, 5.41) is 6.40. The van der Waals surface area contributed by atoms with Gasteiger partial charge in [0, 0.05) is 33.4 Å². The molecule has 1 aromatic rings. The summed E-state index contributed by atoms with van der Waals surface area (Å²) in [6.07, 6.45) is 0. The third-order valence-electron chi connectivity index (χ3n) is 3.37. The first kappa shape index (κ1) is 26.1. The van der Waals surface area contributed by atoms with Crippen LogP contribution in [0.1, 0.15) is 19.4 Å². The summed E-state index contributed by atoms with van der Waals surface area (Å²) in [5.74, 6) is 0.656. The van der Waals surface area contributed by atoms with Gasteiger partial charge in [-0.1, -0.05) is 12.1 Å². The van der Waals surface area contributed by atoms with Crippen molar-refractivity contribution >= 4 is 40.0 Å². The first-order valence-corrected chi connectivity index (χ1v) is 10.0. The molecule has 3 N–H and O–H groups in total. The van der Waals surface area contributed by atoms with Crippen LogP contribution in [0.25, 0.3) is 0 Å². The first-order chi connectivity index (χ1) is 12.4. The van der Waals surface area contributed by atoms with Crippen LogP contribution in [-0.2, 0) is 26.0 Å². The summed E-state index contributed by atoms with van der Waals surface area (Å²) < 4.78 is 37.0. The topological polar surface area (TPSA) is 101 Å². The van der Waals surface area contributed by atoms with Crippen LogP contribution in [0.2, 0.25) is 0 Å². The van der Waals surface area contributed by atoms with Crippen molar-refractivity contribution in [1.82, 2.24) is 15.4 Å². The van der Waals surface area contributed by atoms with Gasteiger partial charge in [0.1, 0.15) is 0 Å². The van der Waals surface area contributed by atoms with Crippen molar-refractivity contribution < 1.29 is 17.9 Å². The zero-order valence-electron chi connectivity index (χ0n) is 16.3. The molecule has 0 bridgehead atoms. The van der Waals surface area contributed by atoms with E-state index in [1.165, 1.54) is 7.11 Å². The molecular formula is C17H31IN4O4S. The van der Waals surface area contributed by atoms with Crippen molar-refractivity contribution in [2.24, 2.45) is 4.99 Å². The Morgan fingerprint density at radius 2 is 2.00 bits per heavy atom. The summed E-state index contributed by atoms with van der Waals surface area (Å²) in [4.78, 5) is 4.72. The van der Waals surface area contributed by atoms with E-state index in [2.05, 4.69) is 20.3 Å². The first-order valence-electron chi connectivity index (χ1n) is 8.54. The molecule has 1 rings (SSSR count). The molecule has 27 heavy (non-hydrogen) atoms. The lowest BCUT2D eigenvalue weighted by Gasteiger charge is -2.17. The van der Waals surface area contributed by atoms with Gasteiger partial charge in [0.2, 0.25) is 10.0 Å². The Bertz CT molecular complexity index is 671. The lowest BCUT2D eigenvalue weighted by molar-refractivity contribution is 0.179. The zero-order chi connectivity index (χ0) is 19.4. The summed E-state index contributed by atoms with van der Waals surface area (Å²) in [5.41, 5.74) is 0.802. The number of aliphatic imine (C=N–C) groups is 1. The molecule has 0 saturated heterocycles. The van der Waals surface area contributed by atoms with Crippen molar-refractivity contribution in [2.75, 3.05) is 40.5 Å². The molecule has 156 valence electrons. The van der Waals surface area contributed by atoms with E-state index in [-0.39, 0.29) is 41.5 Å². The Morgan fingerprint density at radius 1 is 1.26 bits per heavy atom. The van der Waals surface area contributed by atoms with Gasteiger partial charge in [-0.2, -0.15) is 0 Å². The summed E-state index contributed by atoms with van der Waals surface area (Å²) >= 11 is 0. The molecule has 0 fully saturated rings. The highest BCUT2D eigenvalue weighted by atomic mass is 127. The number of nitrogens with zero attached hydrogens (tertiary/aromatic N) is 1. The van der Waals surface area contributed by atoms with Crippen molar-refractivity contribution in [3.8, 4) is 0 Å². The van der Waals surface area contributed by atoms with E-state index < -0.39 is 10.0 Å². The third kappa shape index (κ3) is 10.2. The van der Waals surface area contributed by atoms with Crippen LogP contribution in [-0.4, -0.2) is 60.9 Å². The molecule has 0 heterocycles. The highest BCUT2D eigenvalue weighted by Gasteiger charge is 2.13. The standard InChI is InChI=1S/C17H30N4O4S.HI/c1-5-18-17(21-14(2)13-25-4)19-12-15-7-6-8-16(11-15)26(22,23)20-9-10-24-3;/h6-8,11,14,20H,5,9-10,12-13H2,1-4H3,(H2,18,19,21);1H. The number of hydrogen-bond donors (Lipinski definition) is 3. The van der Waals surface area contributed by atoms with Crippen molar-refractivity contribution in [1.29, 1.82) is 0 Å². The monoisotopic (exact) mass is 514 g/mol. The molecule has 10 heteroatoms. The van der Waals surface area contributed by atoms with E-state index in [1.54, 1.807) is 25.3 Å². The zero-order valence-corrected chi connectivity index (χ0v) is 19.5. The Morgan fingerprint density at radius 3 is 2.63 bits per heavy atom. The highest BCUT2D eigenvalue weighted by Crippen LogP contribution is 2.12. The Kier molecular flexibility index (Phi) is 13.6. The van der Waals surface area contributed by atoms with Crippen LogP contribution < -0.4 is 15.4 Å². The maximum atomic E-state index is 12.3. The average Bonchev–Trinajstić information content (AvgIpc) is 2.60. The van der Waals surface area contributed by atoms with Crippen LogP contribution in [0.3, 0.4) is 0 Å². The van der Waals surface area contributed by atoms with Gasteiger partial charge in [-0.3, -0.25) is 0 Å². The fraction of sp³-hybridized carbons (Fsp3) is 0.588. The molecule has 0 aliphatic carbocycles. The van der Waals surface area contributed by atoms with E-state index in [9.17, 15) is 8.42 Å². The number of nitrogens with one attached hydrogen (secondary N) is 3. The lowest BCUT2D eigenvalue weighted by Crippen LogP contribution is -2.43. The lowest BCUT2D eigenvalue weighted by atomic mass is 10.2. The predicted octanol–water partition coefficient (Wildman–Crippen LogP) is 1.32. The second-order valence-electron chi connectivity index (χ2n) is 5.73. The Labute approximate surface area is 179 Å². The highest BCUT2D eigenvalue weighted by molar-refractivity contribution is 14.0. The Hall–Kier alpha value is -0.950. The minimum atomic E-state index is -3.56. The van der Waals surface area contributed by atoms with Crippen LogP contribution in [0.4, 0.5) is 0 Å². The van der Waals surface area contributed by atoms with Gasteiger partial charge in [-0.15, -0.1) is 24.0 Å². The van der Waals surface area contributed by atoms with Crippen LogP contribution in [0, 0.1) is 0 Å². The molecule has 0 spiro atoms. The fourth-order valence-electron chi connectivity index (χ4n) is 2.19. The summed E-state index contributed by atoms with van der Waals surface area (Å²) in [6, 6.07) is 6.85. The molecule has 0 saturated carbocycles. The van der Waals surface area contributed by atoms with Crippen LogP contribution >= 0.6 is 24.0 Å². The van der Waals surface area contributed by atoms with Gasteiger partial charge in [0.25, 0.3) is 0 Å². The van der Waals surface area contributed by atoms with E-state index in [4.69, 9.17) is 9.47 Å². The molecule has 0 radical (unpaired) electrons. The third-order valence-corrected chi connectivity index (χ3v) is 4.83.